The van der Waals surface area contributed by atoms with Crippen LogP contribution in [0.4, 0.5) is 0 Å². The summed E-state index contributed by atoms with van der Waals surface area (Å²) in [6.07, 6.45) is 0.245. The van der Waals surface area contributed by atoms with Crippen LogP contribution in [0.15, 0.2) is 34.7 Å². The Labute approximate surface area is 135 Å². The van der Waals surface area contributed by atoms with Gasteiger partial charge in [-0.25, -0.2) is 15.4 Å². The standard InChI is InChI=1S/C15H14N4OS2/c1-9-8-21-14(16-9)7-13(20)19-18-10(2)15-17-11-5-3-4-6-12(11)22-15/h3-6,8H,7H2,1-2H3,(H,19,20)/b18-10-. The van der Waals surface area contributed by atoms with E-state index in [9.17, 15) is 4.79 Å². The van der Waals surface area contributed by atoms with Crippen molar-refractivity contribution in [2.24, 2.45) is 5.10 Å². The van der Waals surface area contributed by atoms with Crippen molar-refractivity contribution in [2.45, 2.75) is 20.3 Å². The zero-order valence-electron chi connectivity index (χ0n) is 12.2. The molecule has 0 radical (unpaired) electrons. The molecule has 0 aliphatic rings. The van der Waals surface area contributed by atoms with Gasteiger partial charge < -0.3 is 0 Å². The molecule has 2 heterocycles. The molecular weight excluding hydrogens is 316 g/mol. The van der Waals surface area contributed by atoms with Gasteiger partial charge in [0.25, 0.3) is 0 Å². The SMILES string of the molecule is C/C(=N/NC(=O)Cc1nc(C)cs1)c1nc2ccccc2s1. The number of hydrogen-bond donors (Lipinski definition) is 1. The number of carbonyl (C=O) groups is 1. The van der Waals surface area contributed by atoms with Gasteiger partial charge in [0, 0.05) is 11.1 Å². The lowest BCUT2D eigenvalue weighted by Crippen LogP contribution is -2.21. The summed E-state index contributed by atoms with van der Waals surface area (Å²) in [7, 11) is 0. The summed E-state index contributed by atoms with van der Waals surface area (Å²) in [4.78, 5) is 20.6. The number of nitrogens with zero attached hydrogens (tertiary/aromatic N) is 3. The number of aromatic nitrogens is 2. The van der Waals surface area contributed by atoms with Gasteiger partial charge in [-0.1, -0.05) is 12.1 Å². The Kier molecular flexibility index (Phi) is 4.26. The summed E-state index contributed by atoms with van der Waals surface area (Å²) in [5.74, 6) is -0.171. The highest BCUT2D eigenvalue weighted by Gasteiger charge is 2.08. The summed E-state index contributed by atoms with van der Waals surface area (Å²) in [6.45, 7) is 3.75. The zero-order chi connectivity index (χ0) is 15.5. The first-order chi connectivity index (χ1) is 10.6. The smallest absolute Gasteiger partial charge is 0.246 e. The predicted octanol–water partition coefficient (Wildman–Crippen LogP) is 3.14. The summed E-state index contributed by atoms with van der Waals surface area (Å²) in [5, 5.41) is 7.67. The fraction of sp³-hybridized carbons (Fsp3) is 0.200. The van der Waals surface area contributed by atoms with Crippen LogP contribution in [-0.4, -0.2) is 21.6 Å². The van der Waals surface area contributed by atoms with Crippen LogP contribution < -0.4 is 5.43 Å². The first kappa shape index (κ1) is 14.8. The minimum Gasteiger partial charge on any atom is -0.273 e. The quantitative estimate of drug-likeness (QED) is 0.590. The number of nitrogens with one attached hydrogen (secondary N) is 1. The lowest BCUT2D eigenvalue weighted by molar-refractivity contribution is -0.120. The molecular formula is C15H14N4OS2. The van der Waals surface area contributed by atoms with E-state index < -0.39 is 0 Å². The summed E-state index contributed by atoms with van der Waals surface area (Å²) in [6, 6.07) is 7.92. The minimum atomic E-state index is -0.171. The van der Waals surface area contributed by atoms with Crippen molar-refractivity contribution in [2.75, 3.05) is 0 Å². The highest BCUT2D eigenvalue weighted by molar-refractivity contribution is 7.20. The molecule has 5 nitrogen and oxygen atoms in total. The van der Waals surface area contributed by atoms with E-state index in [1.165, 1.54) is 11.3 Å². The second-order valence-corrected chi connectivity index (χ2v) is 6.75. The van der Waals surface area contributed by atoms with Crippen molar-refractivity contribution in [3.63, 3.8) is 0 Å². The number of carbonyl (C=O) groups excluding carboxylic acids is 1. The molecule has 0 atom stereocenters. The number of hydrazone groups is 1. The molecule has 112 valence electrons. The third-order valence-electron chi connectivity index (χ3n) is 2.93. The Morgan fingerprint density at radius 1 is 1.32 bits per heavy atom. The largest absolute Gasteiger partial charge is 0.273 e. The first-order valence-corrected chi connectivity index (χ1v) is 8.41. The van der Waals surface area contributed by atoms with Crippen molar-refractivity contribution < 1.29 is 4.79 Å². The Bertz CT molecular complexity index is 817. The van der Waals surface area contributed by atoms with Crippen molar-refractivity contribution in [1.82, 2.24) is 15.4 Å². The average Bonchev–Trinajstić information content (AvgIpc) is 3.10. The molecule has 3 rings (SSSR count). The van der Waals surface area contributed by atoms with Gasteiger partial charge in [-0.3, -0.25) is 4.79 Å². The van der Waals surface area contributed by atoms with Gasteiger partial charge in [-0.2, -0.15) is 5.10 Å². The number of amides is 1. The molecule has 0 spiro atoms. The fourth-order valence-corrected chi connectivity index (χ4v) is 3.56. The first-order valence-electron chi connectivity index (χ1n) is 6.72. The maximum absolute atomic E-state index is 11.9. The molecule has 1 N–H and O–H groups in total. The number of rotatable bonds is 4. The van der Waals surface area contributed by atoms with Crippen LogP contribution in [0, 0.1) is 6.92 Å². The monoisotopic (exact) mass is 330 g/mol. The lowest BCUT2D eigenvalue weighted by Gasteiger charge is -1.98. The van der Waals surface area contributed by atoms with Crippen LogP contribution in [0.3, 0.4) is 0 Å². The summed E-state index contributed by atoms with van der Waals surface area (Å²) >= 11 is 3.04. The highest BCUT2D eigenvalue weighted by Crippen LogP contribution is 2.21. The molecule has 0 unspecified atom stereocenters. The van der Waals surface area contributed by atoms with Crippen LogP contribution in [0.1, 0.15) is 22.6 Å². The third kappa shape index (κ3) is 3.37. The topological polar surface area (TPSA) is 67.2 Å². The van der Waals surface area contributed by atoms with E-state index in [0.29, 0.717) is 5.71 Å². The van der Waals surface area contributed by atoms with Gasteiger partial charge in [0.1, 0.15) is 10.0 Å². The van der Waals surface area contributed by atoms with Crippen molar-refractivity contribution >= 4 is 44.5 Å². The summed E-state index contributed by atoms with van der Waals surface area (Å²) < 4.78 is 1.11. The lowest BCUT2D eigenvalue weighted by atomic mass is 10.3. The van der Waals surface area contributed by atoms with Crippen molar-refractivity contribution in [1.29, 1.82) is 0 Å². The van der Waals surface area contributed by atoms with E-state index in [-0.39, 0.29) is 12.3 Å². The maximum atomic E-state index is 11.9. The Morgan fingerprint density at radius 3 is 2.86 bits per heavy atom. The molecule has 0 aliphatic carbocycles. The maximum Gasteiger partial charge on any atom is 0.246 e. The highest BCUT2D eigenvalue weighted by atomic mass is 32.1. The Hall–Kier alpha value is -2.12. The number of aryl methyl sites for hydroxylation is 1. The molecule has 1 aromatic carbocycles. The summed E-state index contributed by atoms with van der Waals surface area (Å²) in [5.41, 5.74) is 5.14. The van der Waals surface area contributed by atoms with Crippen molar-refractivity contribution in [3.05, 3.63) is 45.4 Å². The van der Waals surface area contributed by atoms with Crippen molar-refractivity contribution in [3.8, 4) is 0 Å². The van der Waals surface area contributed by atoms with Crippen LogP contribution in [0.2, 0.25) is 0 Å². The van der Waals surface area contributed by atoms with Gasteiger partial charge in [0.05, 0.1) is 22.3 Å². The third-order valence-corrected chi connectivity index (χ3v) is 5.04. The van der Waals surface area contributed by atoms with E-state index in [1.807, 2.05) is 43.5 Å². The predicted molar refractivity (Wildman–Crippen MR) is 90.5 cm³/mol. The molecule has 3 aromatic rings. The second kappa shape index (κ2) is 6.33. The molecule has 0 saturated heterocycles. The molecule has 0 saturated carbocycles. The minimum absolute atomic E-state index is 0.171. The Balaban J connectivity index is 1.67. The van der Waals surface area contributed by atoms with Crippen LogP contribution >= 0.6 is 22.7 Å². The molecule has 0 aliphatic heterocycles. The number of hydrogen-bond acceptors (Lipinski definition) is 6. The van der Waals surface area contributed by atoms with E-state index in [0.717, 1.165) is 25.9 Å². The van der Waals surface area contributed by atoms with Crippen LogP contribution in [0.5, 0.6) is 0 Å². The molecule has 2 aromatic heterocycles. The fourth-order valence-electron chi connectivity index (χ4n) is 1.88. The molecule has 22 heavy (non-hydrogen) atoms. The van der Waals surface area contributed by atoms with Gasteiger partial charge in [0.15, 0.2) is 0 Å². The Morgan fingerprint density at radius 2 is 2.14 bits per heavy atom. The number of benzene rings is 1. The normalized spacial score (nSPS) is 11.8. The van der Waals surface area contributed by atoms with E-state index >= 15 is 0 Å². The molecule has 7 heteroatoms. The number of thiazole rings is 2. The molecule has 1 amide bonds. The second-order valence-electron chi connectivity index (χ2n) is 4.78. The average molecular weight is 330 g/mol. The van der Waals surface area contributed by atoms with Gasteiger partial charge in [-0.15, -0.1) is 22.7 Å². The molecule has 0 fully saturated rings. The van der Waals surface area contributed by atoms with E-state index in [4.69, 9.17) is 0 Å². The van der Waals surface area contributed by atoms with Crippen LogP contribution in [0.25, 0.3) is 10.2 Å². The van der Waals surface area contributed by atoms with E-state index in [1.54, 1.807) is 11.3 Å². The van der Waals surface area contributed by atoms with Crippen LogP contribution in [-0.2, 0) is 11.2 Å². The van der Waals surface area contributed by atoms with Gasteiger partial charge >= 0.3 is 0 Å². The van der Waals surface area contributed by atoms with E-state index in [2.05, 4.69) is 20.5 Å². The van der Waals surface area contributed by atoms with Gasteiger partial charge in [-0.05, 0) is 26.0 Å². The zero-order valence-corrected chi connectivity index (χ0v) is 13.8. The van der Waals surface area contributed by atoms with Gasteiger partial charge in [0.2, 0.25) is 5.91 Å². The molecule has 0 bridgehead atoms. The number of fused-ring (bicyclic) bond motifs is 1. The number of para-hydroxylation sites is 1.